The molecule has 3 aromatic rings. The Morgan fingerprint density at radius 1 is 1.00 bits per heavy atom. The monoisotopic (exact) mass is 646 g/mol. The van der Waals surface area contributed by atoms with Crippen LogP contribution in [0.25, 0.3) is 6.08 Å². The zero-order valence-corrected chi connectivity index (χ0v) is 23.3. The first-order valence-electron chi connectivity index (χ1n) is 10.3. The Morgan fingerprint density at radius 3 is 2.35 bits per heavy atom. The summed E-state index contributed by atoms with van der Waals surface area (Å²) >= 11 is 10.4. The van der Waals surface area contributed by atoms with Crippen LogP contribution in [0.3, 0.4) is 0 Å². The largest absolute Gasteiger partial charge is 0.490 e. The van der Waals surface area contributed by atoms with E-state index < -0.39 is 5.91 Å². The van der Waals surface area contributed by atoms with E-state index in [1.807, 2.05) is 56.3 Å². The van der Waals surface area contributed by atoms with Crippen molar-refractivity contribution < 1.29 is 14.3 Å². The molecule has 0 aliphatic heterocycles. The van der Waals surface area contributed by atoms with Gasteiger partial charge in [0.05, 0.1) is 6.61 Å². The first-order chi connectivity index (χ1) is 16.3. The van der Waals surface area contributed by atoms with E-state index >= 15 is 0 Å². The SMILES string of the molecule is CCOc1cc(/C=C(\C#N)C(=O)Nc2ccc(Br)c(C)c2)c(Br)cc1OCc1ccc(Br)cc1. The van der Waals surface area contributed by atoms with Crippen molar-refractivity contribution in [3.63, 3.8) is 0 Å². The quantitative estimate of drug-likeness (QED) is 0.200. The molecule has 0 bridgehead atoms. The maximum absolute atomic E-state index is 12.7. The number of carbonyl (C=O) groups excluding carboxylic acids is 1. The fourth-order valence-corrected chi connectivity index (χ4v) is 3.96. The highest BCUT2D eigenvalue weighted by Gasteiger charge is 2.15. The van der Waals surface area contributed by atoms with Gasteiger partial charge in [-0.3, -0.25) is 4.79 Å². The van der Waals surface area contributed by atoms with Crippen molar-refractivity contribution in [2.45, 2.75) is 20.5 Å². The maximum atomic E-state index is 12.7. The van der Waals surface area contributed by atoms with Crippen LogP contribution in [-0.4, -0.2) is 12.5 Å². The second-order valence-corrected chi connectivity index (χ2v) is 9.88. The van der Waals surface area contributed by atoms with Gasteiger partial charge in [0.1, 0.15) is 18.2 Å². The summed E-state index contributed by atoms with van der Waals surface area (Å²) in [6, 6.07) is 18.8. The highest BCUT2D eigenvalue weighted by atomic mass is 79.9. The zero-order chi connectivity index (χ0) is 24.7. The molecule has 5 nitrogen and oxygen atoms in total. The third kappa shape index (κ3) is 6.95. The molecule has 0 aromatic heterocycles. The lowest BCUT2D eigenvalue weighted by atomic mass is 10.1. The van der Waals surface area contributed by atoms with Gasteiger partial charge in [-0.05, 0) is 79.1 Å². The topological polar surface area (TPSA) is 71.3 Å². The molecule has 1 amide bonds. The summed E-state index contributed by atoms with van der Waals surface area (Å²) in [6.45, 7) is 4.61. The summed E-state index contributed by atoms with van der Waals surface area (Å²) < 4.78 is 14.4. The molecule has 0 aliphatic carbocycles. The van der Waals surface area contributed by atoms with E-state index in [1.54, 1.807) is 18.2 Å². The summed E-state index contributed by atoms with van der Waals surface area (Å²) in [5.41, 5.74) is 3.18. The second-order valence-electron chi connectivity index (χ2n) is 7.26. The van der Waals surface area contributed by atoms with Crippen LogP contribution in [0.15, 0.2) is 73.6 Å². The Hall–Kier alpha value is -2.60. The first kappa shape index (κ1) is 26.0. The van der Waals surface area contributed by atoms with Crippen LogP contribution in [-0.2, 0) is 11.4 Å². The Kier molecular flexibility index (Phi) is 9.34. The molecule has 34 heavy (non-hydrogen) atoms. The van der Waals surface area contributed by atoms with Gasteiger partial charge in [-0.1, -0.05) is 59.9 Å². The highest BCUT2D eigenvalue weighted by molar-refractivity contribution is 9.11. The van der Waals surface area contributed by atoms with Crippen molar-refractivity contribution in [3.05, 3.63) is 90.3 Å². The number of amides is 1. The number of rotatable bonds is 8. The Bertz CT molecular complexity index is 1270. The number of benzene rings is 3. The van der Waals surface area contributed by atoms with Gasteiger partial charge in [0.15, 0.2) is 11.5 Å². The van der Waals surface area contributed by atoms with Crippen LogP contribution in [0.5, 0.6) is 11.5 Å². The van der Waals surface area contributed by atoms with Gasteiger partial charge in [0.2, 0.25) is 0 Å². The van der Waals surface area contributed by atoms with E-state index in [1.165, 1.54) is 6.08 Å². The third-order valence-electron chi connectivity index (χ3n) is 4.75. The van der Waals surface area contributed by atoms with Gasteiger partial charge in [-0.25, -0.2) is 0 Å². The van der Waals surface area contributed by atoms with Crippen LogP contribution >= 0.6 is 47.8 Å². The number of nitrogens with zero attached hydrogens (tertiary/aromatic N) is 1. The minimum absolute atomic E-state index is 0.0350. The highest BCUT2D eigenvalue weighted by Crippen LogP contribution is 2.35. The summed E-state index contributed by atoms with van der Waals surface area (Å²) in [6.07, 6.45) is 1.52. The Labute approximate surface area is 224 Å². The lowest BCUT2D eigenvalue weighted by Gasteiger charge is -2.14. The van der Waals surface area contributed by atoms with Crippen molar-refractivity contribution >= 4 is 65.5 Å². The summed E-state index contributed by atoms with van der Waals surface area (Å²) in [4.78, 5) is 12.7. The molecule has 0 aliphatic rings. The minimum Gasteiger partial charge on any atom is -0.490 e. The summed E-state index contributed by atoms with van der Waals surface area (Å²) in [5.74, 6) is 0.585. The van der Waals surface area contributed by atoms with Crippen LogP contribution in [0.4, 0.5) is 5.69 Å². The number of nitrogens with one attached hydrogen (secondary N) is 1. The molecular weight excluding hydrogens is 628 g/mol. The predicted octanol–water partition coefficient (Wildman–Crippen LogP) is 7.81. The molecule has 0 fully saturated rings. The Balaban J connectivity index is 1.84. The smallest absolute Gasteiger partial charge is 0.266 e. The molecule has 8 heteroatoms. The number of nitriles is 1. The lowest BCUT2D eigenvalue weighted by Crippen LogP contribution is -2.13. The lowest BCUT2D eigenvalue weighted by molar-refractivity contribution is -0.112. The van der Waals surface area contributed by atoms with E-state index in [0.717, 1.165) is 20.1 Å². The molecule has 0 saturated heterocycles. The molecule has 1 N–H and O–H groups in total. The predicted molar refractivity (Wildman–Crippen MR) is 145 cm³/mol. The van der Waals surface area contributed by atoms with Crippen LogP contribution in [0.2, 0.25) is 0 Å². The molecule has 174 valence electrons. The third-order valence-corrected chi connectivity index (χ3v) is 6.86. The molecule has 3 aromatic carbocycles. The van der Waals surface area contributed by atoms with Gasteiger partial charge in [-0.15, -0.1) is 0 Å². The normalized spacial score (nSPS) is 11.0. The molecule has 0 unspecified atom stereocenters. The van der Waals surface area contributed by atoms with Crippen molar-refractivity contribution in [1.82, 2.24) is 0 Å². The molecule has 0 atom stereocenters. The fraction of sp³-hybridized carbons (Fsp3) is 0.154. The number of halogens is 3. The van der Waals surface area contributed by atoms with E-state index in [0.29, 0.717) is 40.4 Å². The fourth-order valence-electron chi connectivity index (χ4n) is 3.01. The number of hydrogen-bond donors (Lipinski definition) is 1. The van der Waals surface area contributed by atoms with Crippen LogP contribution in [0, 0.1) is 18.3 Å². The number of hydrogen-bond acceptors (Lipinski definition) is 4. The first-order valence-corrected chi connectivity index (χ1v) is 12.7. The average molecular weight is 649 g/mol. The van der Waals surface area contributed by atoms with Gasteiger partial charge in [0, 0.05) is 19.1 Å². The van der Waals surface area contributed by atoms with Crippen LogP contribution < -0.4 is 14.8 Å². The maximum Gasteiger partial charge on any atom is 0.266 e. The molecular formula is C26H21Br3N2O3. The van der Waals surface area contributed by atoms with Crippen molar-refractivity contribution in [3.8, 4) is 17.6 Å². The Morgan fingerprint density at radius 2 is 1.71 bits per heavy atom. The molecule has 3 rings (SSSR count). The van der Waals surface area contributed by atoms with Gasteiger partial charge in [0.25, 0.3) is 5.91 Å². The molecule has 0 radical (unpaired) electrons. The standard InChI is InChI=1S/C26H21Br3N2O3/c1-3-33-24-12-18(23(29)13-25(24)34-15-17-4-6-20(27)7-5-17)11-19(14-30)26(32)31-21-8-9-22(28)16(2)10-21/h4-13H,3,15H2,1-2H3,(H,31,32)/b19-11+. The zero-order valence-electron chi connectivity index (χ0n) is 18.5. The number of carbonyl (C=O) groups is 1. The molecule has 0 spiro atoms. The number of anilines is 1. The minimum atomic E-state index is -0.496. The van der Waals surface area contributed by atoms with Gasteiger partial charge < -0.3 is 14.8 Å². The summed E-state index contributed by atoms with van der Waals surface area (Å²) in [7, 11) is 0. The van der Waals surface area contributed by atoms with Gasteiger partial charge in [-0.2, -0.15) is 5.26 Å². The molecule has 0 saturated carbocycles. The van der Waals surface area contributed by atoms with E-state index in [4.69, 9.17) is 9.47 Å². The van der Waals surface area contributed by atoms with Crippen LogP contribution in [0.1, 0.15) is 23.6 Å². The number of aryl methyl sites for hydroxylation is 1. The number of ether oxygens (including phenoxy) is 2. The van der Waals surface area contributed by atoms with E-state index in [9.17, 15) is 10.1 Å². The molecule has 0 heterocycles. The van der Waals surface area contributed by atoms with Crippen molar-refractivity contribution in [2.24, 2.45) is 0 Å². The summed E-state index contributed by atoms with van der Waals surface area (Å²) in [5, 5.41) is 12.4. The van der Waals surface area contributed by atoms with Crippen molar-refractivity contribution in [2.75, 3.05) is 11.9 Å². The average Bonchev–Trinajstić information content (AvgIpc) is 2.81. The van der Waals surface area contributed by atoms with E-state index in [-0.39, 0.29) is 5.57 Å². The second kappa shape index (κ2) is 12.2. The van der Waals surface area contributed by atoms with Gasteiger partial charge >= 0.3 is 0 Å². The van der Waals surface area contributed by atoms with E-state index in [2.05, 4.69) is 53.1 Å². The van der Waals surface area contributed by atoms with Crippen molar-refractivity contribution in [1.29, 1.82) is 5.26 Å².